The Morgan fingerprint density at radius 1 is 1.29 bits per heavy atom. The molecule has 6 nitrogen and oxygen atoms in total. The summed E-state index contributed by atoms with van der Waals surface area (Å²) < 4.78 is 0. The molecule has 118 valence electrons. The zero-order chi connectivity index (χ0) is 15.9. The van der Waals surface area contributed by atoms with Crippen LogP contribution in [0.3, 0.4) is 0 Å². The van der Waals surface area contributed by atoms with Crippen LogP contribution in [0.1, 0.15) is 37.7 Å². The van der Waals surface area contributed by atoms with Gasteiger partial charge in [0.05, 0.1) is 12.4 Å². The van der Waals surface area contributed by atoms with Gasteiger partial charge in [-0.3, -0.25) is 4.79 Å². The Bertz CT molecular complexity index is 442. The molecule has 0 radical (unpaired) electrons. The highest BCUT2D eigenvalue weighted by Crippen LogP contribution is 2.14. The molecule has 0 aliphatic carbocycles. The Balaban J connectivity index is 2.52. The monoisotopic (exact) mass is 293 g/mol. The van der Waals surface area contributed by atoms with Gasteiger partial charge in [-0.25, -0.2) is 9.97 Å². The number of carbonyl (C=O) groups excluding carboxylic acids is 1. The van der Waals surface area contributed by atoms with Gasteiger partial charge in [-0.1, -0.05) is 20.8 Å². The van der Waals surface area contributed by atoms with Gasteiger partial charge in [0.2, 0.25) is 0 Å². The number of amides is 1. The maximum Gasteiger partial charge on any atom is 0.271 e. The lowest BCUT2D eigenvalue weighted by Gasteiger charge is -2.28. The first-order valence-corrected chi connectivity index (χ1v) is 7.33. The molecule has 0 aromatic carbocycles. The predicted molar refractivity (Wildman–Crippen MR) is 85.5 cm³/mol. The second kappa shape index (κ2) is 7.93. The molecule has 6 heteroatoms. The van der Waals surface area contributed by atoms with E-state index in [2.05, 4.69) is 46.3 Å². The minimum absolute atomic E-state index is 0.00914. The summed E-state index contributed by atoms with van der Waals surface area (Å²) in [6.07, 6.45) is 4.12. The number of rotatable bonds is 8. The Morgan fingerprint density at radius 2 is 2.00 bits per heavy atom. The lowest BCUT2D eigenvalue weighted by Crippen LogP contribution is -2.40. The Kier molecular flexibility index (Phi) is 6.55. The zero-order valence-corrected chi connectivity index (χ0v) is 13.7. The average Bonchev–Trinajstić information content (AvgIpc) is 2.42. The Labute approximate surface area is 127 Å². The van der Waals surface area contributed by atoms with E-state index in [9.17, 15) is 4.79 Å². The van der Waals surface area contributed by atoms with Crippen molar-refractivity contribution < 1.29 is 4.79 Å². The van der Waals surface area contributed by atoms with Crippen molar-refractivity contribution in [3.8, 4) is 0 Å². The van der Waals surface area contributed by atoms with Crippen LogP contribution in [0, 0.1) is 5.41 Å². The zero-order valence-electron chi connectivity index (χ0n) is 13.7. The van der Waals surface area contributed by atoms with E-state index < -0.39 is 0 Å². The van der Waals surface area contributed by atoms with E-state index in [1.54, 1.807) is 6.20 Å². The summed E-state index contributed by atoms with van der Waals surface area (Å²) >= 11 is 0. The fourth-order valence-electron chi connectivity index (χ4n) is 2.11. The molecule has 0 bridgehead atoms. The average molecular weight is 293 g/mol. The van der Waals surface area contributed by atoms with E-state index in [-0.39, 0.29) is 11.3 Å². The van der Waals surface area contributed by atoms with Crippen LogP contribution in [0.15, 0.2) is 12.4 Å². The van der Waals surface area contributed by atoms with Gasteiger partial charge >= 0.3 is 0 Å². The smallest absolute Gasteiger partial charge is 0.271 e. The van der Waals surface area contributed by atoms with Gasteiger partial charge in [0, 0.05) is 19.6 Å². The second-order valence-corrected chi connectivity index (χ2v) is 6.30. The van der Waals surface area contributed by atoms with Crippen molar-refractivity contribution in [3.63, 3.8) is 0 Å². The number of anilines is 1. The van der Waals surface area contributed by atoms with E-state index in [1.807, 2.05) is 14.1 Å². The first-order chi connectivity index (χ1) is 9.84. The van der Waals surface area contributed by atoms with E-state index in [0.29, 0.717) is 18.1 Å². The van der Waals surface area contributed by atoms with Gasteiger partial charge in [-0.15, -0.1) is 0 Å². The third-order valence-electron chi connectivity index (χ3n) is 2.91. The standard InChI is InChI=1S/C15H27N5O/c1-6-7-16-13-9-17-12(8-18-13)14(21)19-10-15(2,3)11-20(4)5/h8-9H,6-7,10-11H2,1-5H3,(H,16,18)(H,19,21). The van der Waals surface area contributed by atoms with Crippen LogP contribution >= 0.6 is 0 Å². The molecular formula is C15H27N5O. The summed E-state index contributed by atoms with van der Waals surface area (Å²) in [6.45, 7) is 8.67. The lowest BCUT2D eigenvalue weighted by molar-refractivity contribution is 0.0924. The number of aromatic nitrogens is 2. The summed E-state index contributed by atoms with van der Waals surface area (Å²) in [7, 11) is 4.05. The quantitative estimate of drug-likeness (QED) is 0.762. The fraction of sp³-hybridized carbons (Fsp3) is 0.667. The molecule has 0 saturated heterocycles. The highest BCUT2D eigenvalue weighted by Gasteiger charge is 2.20. The summed E-state index contributed by atoms with van der Waals surface area (Å²) in [5.74, 6) is 0.512. The molecular weight excluding hydrogens is 266 g/mol. The molecule has 0 unspecified atom stereocenters. The predicted octanol–water partition coefficient (Wildman–Crippen LogP) is 1.62. The normalized spacial score (nSPS) is 11.5. The molecule has 1 amide bonds. The van der Waals surface area contributed by atoms with Crippen LogP contribution in [-0.2, 0) is 0 Å². The van der Waals surface area contributed by atoms with Crippen LogP contribution in [0.25, 0.3) is 0 Å². The summed E-state index contributed by atoms with van der Waals surface area (Å²) in [5.41, 5.74) is 0.354. The van der Waals surface area contributed by atoms with Crippen molar-refractivity contribution in [2.45, 2.75) is 27.2 Å². The van der Waals surface area contributed by atoms with Crippen molar-refractivity contribution in [2.75, 3.05) is 39.0 Å². The SMILES string of the molecule is CCCNc1cnc(C(=O)NCC(C)(C)CN(C)C)cn1. The van der Waals surface area contributed by atoms with Crippen molar-refractivity contribution in [3.05, 3.63) is 18.1 Å². The molecule has 0 fully saturated rings. The van der Waals surface area contributed by atoms with Crippen LogP contribution in [0.5, 0.6) is 0 Å². The van der Waals surface area contributed by atoms with E-state index in [0.717, 1.165) is 19.5 Å². The third-order valence-corrected chi connectivity index (χ3v) is 2.91. The van der Waals surface area contributed by atoms with E-state index in [4.69, 9.17) is 0 Å². The Hall–Kier alpha value is -1.69. The molecule has 21 heavy (non-hydrogen) atoms. The Morgan fingerprint density at radius 3 is 2.52 bits per heavy atom. The van der Waals surface area contributed by atoms with E-state index >= 15 is 0 Å². The molecule has 0 aliphatic heterocycles. The van der Waals surface area contributed by atoms with E-state index in [1.165, 1.54) is 6.20 Å². The van der Waals surface area contributed by atoms with Crippen molar-refractivity contribution >= 4 is 11.7 Å². The van der Waals surface area contributed by atoms with Gasteiger partial charge in [-0.05, 0) is 25.9 Å². The summed E-state index contributed by atoms with van der Waals surface area (Å²) in [5, 5.41) is 6.05. The number of hydrogen-bond donors (Lipinski definition) is 2. The molecule has 0 saturated carbocycles. The lowest BCUT2D eigenvalue weighted by atomic mass is 9.93. The summed E-state index contributed by atoms with van der Waals surface area (Å²) in [4.78, 5) is 22.5. The van der Waals surface area contributed by atoms with Crippen LogP contribution in [0.2, 0.25) is 0 Å². The van der Waals surface area contributed by atoms with Gasteiger partial charge in [0.25, 0.3) is 5.91 Å². The number of carbonyl (C=O) groups is 1. The first-order valence-electron chi connectivity index (χ1n) is 7.33. The van der Waals surface area contributed by atoms with Crippen LogP contribution < -0.4 is 10.6 Å². The van der Waals surface area contributed by atoms with Crippen LogP contribution in [0.4, 0.5) is 5.82 Å². The van der Waals surface area contributed by atoms with Crippen molar-refractivity contribution in [1.82, 2.24) is 20.2 Å². The molecule has 1 aromatic heterocycles. The van der Waals surface area contributed by atoms with Gasteiger partial charge in [0.1, 0.15) is 11.5 Å². The molecule has 1 aromatic rings. The highest BCUT2D eigenvalue weighted by molar-refractivity contribution is 5.92. The second-order valence-electron chi connectivity index (χ2n) is 6.30. The van der Waals surface area contributed by atoms with Crippen molar-refractivity contribution in [2.24, 2.45) is 5.41 Å². The minimum Gasteiger partial charge on any atom is -0.369 e. The number of hydrogen-bond acceptors (Lipinski definition) is 5. The fourth-order valence-corrected chi connectivity index (χ4v) is 2.11. The molecule has 1 heterocycles. The molecule has 0 spiro atoms. The summed E-state index contributed by atoms with van der Waals surface area (Å²) in [6, 6.07) is 0. The first kappa shape index (κ1) is 17.4. The largest absolute Gasteiger partial charge is 0.369 e. The maximum absolute atomic E-state index is 12.1. The third kappa shape index (κ3) is 6.53. The number of nitrogens with zero attached hydrogens (tertiary/aromatic N) is 3. The highest BCUT2D eigenvalue weighted by atomic mass is 16.1. The topological polar surface area (TPSA) is 70.2 Å². The maximum atomic E-state index is 12.1. The van der Waals surface area contributed by atoms with Crippen molar-refractivity contribution in [1.29, 1.82) is 0 Å². The minimum atomic E-state index is -0.184. The van der Waals surface area contributed by atoms with Crippen LogP contribution in [-0.4, -0.2) is 54.5 Å². The van der Waals surface area contributed by atoms with Gasteiger partial charge in [0.15, 0.2) is 0 Å². The van der Waals surface area contributed by atoms with Gasteiger partial charge in [-0.2, -0.15) is 0 Å². The molecule has 0 aliphatic rings. The molecule has 2 N–H and O–H groups in total. The van der Waals surface area contributed by atoms with Gasteiger partial charge < -0.3 is 15.5 Å². The molecule has 1 rings (SSSR count). The molecule has 0 atom stereocenters. The number of nitrogens with one attached hydrogen (secondary N) is 2.